The third kappa shape index (κ3) is 4.70. The van der Waals surface area contributed by atoms with Gasteiger partial charge in [0.2, 0.25) is 0 Å². The van der Waals surface area contributed by atoms with E-state index in [2.05, 4.69) is 217 Å². The van der Waals surface area contributed by atoms with Crippen molar-refractivity contribution >= 4 is 57.0 Å². The fourth-order valence-electron chi connectivity index (χ4n) is 14.3. The van der Waals surface area contributed by atoms with Crippen LogP contribution in [0, 0.1) is 0 Å². The number of rotatable bonds is 1. The van der Waals surface area contributed by atoms with Crippen LogP contribution in [0.25, 0.3) is 33.0 Å². The maximum atomic E-state index is 2.82. The average Bonchev–Trinajstić information content (AvgIpc) is 3.61. The molecule has 0 radical (unpaired) electrons. The van der Waals surface area contributed by atoms with Crippen molar-refractivity contribution in [3.63, 3.8) is 0 Å². The molecule has 0 unspecified atom stereocenters. The number of benzene rings is 8. The van der Waals surface area contributed by atoms with E-state index in [1.807, 2.05) is 0 Å². The van der Waals surface area contributed by atoms with Crippen molar-refractivity contribution in [1.29, 1.82) is 0 Å². The van der Waals surface area contributed by atoms with Gasteiger partial charge in [-0.05, 0) is 161 Å². The topological polar surface area (TPSA) is 6.48 Å². The van der Waals surface area contributed by atoms with Gasteiger partial charge >= 0.3 is 6.85 Å². The van der Waals surface area contributed by atoms with Crippen molar-refractivity contribution in [3.05, 3.63) is 196 Å². The van der Waals surface area contributed by atoms with Crippen LogP contribution in [0.15, 0.2) is 152 Å². The Hall–Kier alpha value is -6.32. The zero-order chi connectivity index (χ0) is 44.9. The molecule has 0 atom stereocenters. The molecule has 3 heteroatoms. The Balaban J connectivity index is 1.16. The quantitative estimate of drug-likeness (QED) is 0.152. The van der Waals surface area contributed by atoms with Crippen molar-refractivity contribution in [2.75, 3.05) is 9.71 Å². The van der Waals surface area contributed by atoms with Gasteiger partial charge in [0, 0.05) is 28.0 Å². The van der Waals surface area contributed by atoms with Crippen LogP contribution < -0.4 is 20.6 Å². The minimum atomic E-state index is -0.496. The molecule has 0 aromatic heterocycles. The molecule has 3 aliphatic heterocycles. The van der Waals surface area contributed by atoms with Gasteiger partial charge in [0.05, 0.1) is 16.8 Å². The van der Waals surface area contributed by atoms with Crippen molar-refractivity contribution < 1.29 is 0 Å². The molecule has 0 amide bonds. The highest BCUT2D eigenvalue weighted by Crippen LogP contribution is 2.65. The molecule has 0 bridgehead atoms. The maximum absolute atomic E-state index is 2.82. The first kappa shape index (κ1) is 38.9. The molecular weight excluding hydrogens is 796 g/mol. The molecule has 0 fully saturated rings. The molecule has 8 aromatic rings. The van der Waals surface area contributed by atoms with E-state index < -0.39 is 5.41 Å². The summed E-state index contributed by atoms with van der Waals surface area (Å²) in [6.45, 7) is 19.7. The standard InChI is InChI=1S/C63H57BN2/c1-59(2)30-31-60(3,4)50-35-39(28-29-47(50)59)66-55-37-52-51(61(5,6)32-33-62(52,7)8)36-43(55)44-34-38-18-9-10-19-40(38)57-56(44)64(66)53-26-17-25-49-58(53)65(57)54-27-16-15-24-48(54)63(49)45-22-13-11-20-41(45)42-21-12-14-23-46(42)63/h9-29,34-37H,30-33H2,1-8H3. The summed E-state index contributed by atoms with van der Waals surface area (Å²) in [5.74, 6) is 0. The van der Waals surface area contributed by atoms with Gasteiger partial charge in [-0.15, -0.1) is 0 Å². The highest BCUT2D eigenvalue weighted by Gasteiger charge is 2.56. The Labute approximate surface area is 391 Å². The smallest absolute Gasteiger partial charge is 0.333 e. The van der Waals surface area contributed by atoms with E-state index in [4.69, 9.17) is 0 Å². The minimum absolute atomic E-state index is 0.0524. The molecule has 66 heavy (non-hydrogen) atoms. The molecule has 2 nitrogen and oxygen atoms in total. The van der Waals surface area contributed by atoms with Crippen LogP contribution in [0.3, 0.4) is 0 Å². The van der Waals surface area contributed by atoms with Crippen LogP contribution in [-0.2, 0) is 27.1 Å². The lowest BCUT2D eigenvalue weighted by Crippen LogP contribution is -2.63. The Morgan fingerprint density at radius 3 is 1.65 bits per heavy atom. The summed E-state index contributed by atoms with van der Waals surface area (Å²) < 4.78 is 0. The molecule has 6 aliphatic rings. The largest absolute Gasteiger partial charge is 0.376 e. The first-order valence-electron chi connectivity index (χ1n) is 24.6. The zero-order valence-electron chi connectivity index (χ0n) is 39.7. The maximum Gasteiger partial charge on any atom is 0.333 e. The second-order valence-electron chi connectivity index (χ2n) is 23.3. The van der Waals surface area contributed by atoms with E-state index in [-0.39, 0.29) is 28.5 Å². The number of nitrogens with zero attached hydrogens (tertiary/aromatic N) is 2. The predicted molar refractivity (Wildman–Crippen MR) is 279 cm³/mol. The molecule has 3 aliphatic carbocycles. The number of anilines is 5. The summed E-state index contributed by atoms with van der Waals surface area (Å²) in [4.78, 5) is 5.54. The number of fused-ring (bicyclic) bond motifs is 17. The fraction of sp³-hybridized carbons (Fsp3) is 0.270. The van der Waals surface area contributed by atoms with Crippen LogP contribution in [0.5, 0.6) is 0 Å². The summed E-state index contributed by atoms with van der Waals surface area (Å²) in [6.07, 6.45) is 4.73. The van der Waals surface area contributed by atoms with Crippen LogP contribution in [-0.4, -0.2) is 6.85 Å². The Bertz CT molecular complexity index is 3430. The van der Waals surface area contributed by atoms with E-state index in [0.29, 0.717) is 0 Å². The second kappa shape index (κ2) is 12.6. The molecule has 0 N–H and O–H groups in total. The third-order valence-corrected chi connectivity index (χ3v) is 17.9. The number of para-hydroxylation sites is 2. The summed E-state index contributed by atoms with van der Waals surface area (Å²) in [6, 6.07) is 60.0. The van der Waals surface area contributed by atoms with Crippen molar-refractivity contribution in [3.8, 4) is 22.3 Å². The summed E-state index contributed by atoms with van der Waals surface area (Å²) in [7, 11) is 0. The highest BCUT2D eigenvalue weighted by atomic mass is 15.2. The van der Waals surface area contributed by atoms with Crippen molar-refractivity contribution in [2.45, 2.75) is 108 Å². The molecule has 8 aromatic carbocycles. The van der Waals surface area contributed by atoms with Gasteiger partial charge in [-0.2, -0.15) is 0 Å². The highest BCUT2D eigenvalue weighted by molar-refractivity contribution is 6.94. The first-order valence-corrected chi connectivity index (χ1v) is 24.6. The summed E-state index contributed by atoms with van der Waals surface area (Å²) >= 11 is 0. The second-order valence-corrected chi connectivity index (χ2v) is 23.3. The van der Waals surface area contributed by atoms with Gasteiger partial charge in [-0.1, -0.05) is 171 Å². The molecular formula is C63H57BN2. The van der Waals surface area contributed by atoms with E-state index in [0.717, 1.165) is 0 Å². The molecule has 0 saturated heterocycles. The van der Waals surface area contributed by atoms with Gasteiger partial charge < -0.3 is 9.71 Å². The first-order chi connectivity index (χ1) is 31.7. The van der Waals surface area contributed by atoms with Gasteiger partial charge in [-0.3, -0.25) is 0 Å². The zero-order valence-corrected chi connectivity index (χ0v) is 39.7. The SMILES string of the molecule is CC1(C)CCC(C)(C)c2cc(N3B4c5cccc6c5N(c5ccccc5C65c6ccccc6-c6ccccc65)c5c4c(cc4ccccc54)-c4cc5c(cc43)C(C)(C)CCC5(C)C)ccc21. The van der Waals surface area contributed by atoms with Crippen molar-refractivity contribution in [2.24, 2.45) is 0 Å². The Morgan fingerprint density at radius 2 is 0.955 bits per heavy atom. The van der Waals surface area contributed by atoms with E-state index >= 15 is 0 Å². The van der Waals surface area contributed by atoms with Gasteiger partial charge in [0.25, 0.3) is 0 Å². The molecule has 1 spiro atoms. The molecule has 322 valence electrons. The summed E-state index contributed by atoms with van der Waals surface area (Å²) in [5.41, 5.74) is 26.0. The van der Waals surface area contributed by atoms with E-state index in [9.17, 15) is 0 Å². The Kier molecular flexibility index (Phi) is 7.40. The van der Waals surface area contributed by atoms with E-state index in [1.54, 1.807) is 0 Å². The normalized spacial score (nSPS) is 19.5. The molecule has 0 saturated carbocycles. The van der Waals surface area contributed by atoms with Crippen LogP contribution in [0.1, 0.15) is 126 Å². The lowest BCUT2D eigenvalue weighted by atomic mass is 9.42. The molecule has 14 rings (SSSR count). The fourth-order valence-corrected chi connectivity index (χ4v) is 14.3. The van der Waals surface area contributed by atoms with Crippen molar-refractivity contribution in [1.82, 2.24) is 0 Å². The lowest BCUT2D eigenvalue weighted by Gasteiger charge is -2.52. The van der Waals surface area contributed by atoms with E-state index in [1.165, 1.54) is 143 Å². The lowest BCUT2D eigenvalue weighted by molar-refractivity contribution is 0.332. The van der Waals surface area contributed by atoms with Gasteiger partial charge in [0.1, 0.15) is 0 Å². The molecule has 3 heterocycles. The summed E-state index contributed by atoms with van der Waals surface area (Å²) in [5, 5.41) is 2.59. The predicted octanol–water partition coefficient (Wildman–Crippen LogP) is 14.9. The monoisotopic (exact) mass is 852 g/mol. The number of hydrogen-bond donors (Lipinski definition) is 0. The minimum Gasteiger partial charge on any atom is -0.376 e. The Morgan fingerprint density at radius 1 is 0.394 bits per heavy atom. The van der Waals surface area contributed by atoms with Gasteiger partial charge in [0.15, 0.2) is 0 Å². The van der Waals surface area contributed by atoms with Crippen LogP contribution in [0.4, 0.5) is 28.4 Å². The average molecular weight is 853 g/mol. The van der Waals surface area contributed by atoms with Crippen LogP contribution in [0.2, 0.25) is 0 Å². The van der Waals surface area contributed by atoms with Gasteiger partial charge in [-0.25, -0.2) is 0 Å². The van der Waals surface area contributed by atoms with Crippen LogP contribution >= 0.6 is 0 Å². The number of hydrogen-bond acceptors (Lipinski definition) is 2. The third-order valence-electron chi connectivity index (χ3n) is 17.9.